The largest absolute Gasteiger partial charge is 0.509 e. The Morgan fingerprint density at radius 1 is 1.50 bits per heavy atom. The van der Waals surface area contributed by atoms with Gasteiger partial charge in [0.25, 0.3) is 0 Å². The zero-order valence-corrected chi connectivity index (χ0v) is 3.67. The smallest absolute Gasteiger partial charge is 0.368 e. The average Bonchev–Trinajstić information content (AvgIpc) is 1.59. The normalized spacial score (nSPS) is 12.0. The van der Waals surface area contributed by atoms with Crippen LogP contribution in [-0.4, -0.2) is 23.3 Å². The Morgan fingerprint density at radius 3 is 2.12 bits per heavy atom. The predicted molar refractivity (Wildman–Crippen MR) is 16.4 cm³/mol. The first kappa shape index (κ1) is 7.70. The minimum atomic E-state index is -4.33. The van der Waals surface area contributed by atoms with E-state index in [9.17, 15) is 8.78 Å². The van der Waals surface area contributed by atoms with Crippen molar-refractivity contribution >= 4 is 0 Å². The second-order valence-electron chi connectivity index (χ2n) is 0.816. The molecule has 0 aliphatic carbocycles. The minimum absolute atomic E-state index is 1.03. The molecule has 0 heterocycles. The zero-order chi connectivity index (χ0) is 6.62. The van der Waals surface area contributed by atoms with Gasteiger partial charge in [0.05, 0.1) is 0 Å². The van der Waals surface area contributed by atoms with E-state index in [2.05, 4.69) is 9.78 Å². The number of aliphatic hydroxyl groups excluding tert-OH is 1. The van der Waals surface area contributed by atoms with E-state index in [4.69, 9.17) is 10.2 Å². The second-order valence-corrected chi connectivity index (χ2v) is 0.816. The molecular formula is C2H4F2O4. The molecule has 2 N–H and O–H groups in total. The minimum Gasteiger partial charge on any atom is -0.368 e. The lowest BCUT2D eigenvalue weighted by atomic mass is 11.3. The standard InChI is InChI=1S/C2H4F2O4/c3-2(4,6)8-7-1-5/h5-6H,1H2. The molecule has 6 heteroatoms. The summed E-state index contributed by atoms with van der Waals surface area (Å²) in [6.07, 6.45) is -4.33. The molecular weight excluding hydrogens is 126 g/mol. The van der Waals surface area contributed by atoms with E-state index < -0.39 is 13.1 Å². The van der Waals surface area contributed by atoms with Gasteiger partial charge >= 0.3 is 6.29 Å². The van der Waals surface area contributed by atoms with Gasteiger partial charge in [0.15, 0.2) is 6.79 Å². The highest BCUT2D eigenvalue weighted by Gasteiger charge is 2.27. The van der Waals surface area contributed by atoms with Crippen LogP contribution in [0.1, 0.15) is 0 Å². The molecule has 0 saturated carbocycles. The van der Waals surface area contributed by atoms with Crippen LogP contribution in [0.25, 0.3) is 0 Å². The molecule has 0 unspecified atom stereocenters. The fourth-order valence-electron chi connectivity index (χ4n) is 0.0972. The Bertz CT molecular complexity index is 59.5. The Hall–Kier alpha value is -0.300. The molecule has 4 nitrogen and oxygen atoms in total. The molecule has 0 aliphatic rings. The summed E-state index contributed by atoms with van der Waals surface area (Å²) in [6, 6.07) is 0. The molecule has 0 aromatic heterocycles. The molecule has 0 aromatic rings. The third-order valence-electron chi connectivity index (χ3n) is 0.212. The maximum Gasteiger partial charge on any atom is 0.509 e. The first-order valence-electron chi connectivity index (χ1n) is 1.58. The van der Waals surface area contributed by atoms with Crippen LogP contribution in [0.5, 0.6) is 0 Å². The first-order chi connectivity index (χ1) is 3.56. The quantitative estimate of drug-likeness (QED) is 0.305. The number of rotatable bonds is 3. The summed E-state index contributed by atoms with van der Waals surface area (Å²) >= 11 is 0. The highest BCUT2D eigenvalue weighted by atomic mass is 19.3. The Labute approximate surface area is 43.2 Å². The summed E-state index contributed by atoms with van der Waals surface area (Å²) in [7, 11) is 0. The van der Waals surface area contributed by atoms with Gasteiger partial charge in [-0.1, -0.05) is 0 Å². The molecule has 8 heavy (non-hydrogen) atoms. The van der Waals surface area contributed by atoms with Crippen LogP contribution in [0.15, 0.2) is 0 Å². The number of alkyl halides is 2. The number of hydrogen-bond donors (Lipinski definition) is 2. The van der Waals surface area contributed by atoms with Gasteiger partial charge in [0.2, 0.25) is 0 Å². The van der Waals surface area contributed by atoms with Crippen molar-refractivity contribution in [2.45, 2.75) is 6.29 Å². The molecule has 50 valence electrons. The lowest BCUT2D eigenvalue weighted by Gasteiger charge is -2.04. The van der Waals surface area contributed by atoms with Crippen LogP contribution < -0.4 is 0 Å². The molecule has 0 bridgehead atoms. The molecule has 0 atom stereocenters. The number of halogens is 2. The molecule has 0 amide bonds. The molecule has 0 aromatic carbocycles. The van der Waals surface area contributed by atoms with E-state index in [0.717, 1.165) is 0 Å². The Morgan fingerprint density at radius 2 is 2.00 bits per heavy atom. The van der Waals surface area contributed by atoms with Crippen molar-refractivity contribution in [2.24, 2.45) is 0 Å². The van der Waals surface area contributed by atoms with Crippen LogP contribution in [0, 0.1) is 0 Å². The fraction of sp³-hybridized carbons (Fsp3) is 1.00. The van der Waals surface area contributed by atoms with E-state index in [1.807, 2.05) is 0 Å². The maximum atomic E-state index is 11.0. The van der Waals surface area contributed by atoms with Crippen molar-refractivity contribution < 1.29 is 28.8 Å². The fourth-order valence-corrected chi connectivity index (χ4v) is 0.0972. The van der Waals surface area contributed by atoms with Crippen molar-refractivity contribution in [2.75, 3.05) is 6.79 Å². The monoisotopic (exact) mass is 130 g/mol. The molecule has 0 spiro atoms. The highest BCUT2D eigenvalue weighted by Crippen LogP contribution is 2.08. The van der Waals surface area contributed by atoms with E-state index in [1.165, 1.54) is 0 Å². The number of hydrogen-bond acceptors (Lipinski definition) is 4. The Kier molecular flexibility index (Phi) is 2.77. The third-order valence-corrected chi connectivity index (χ3v) is 0.212. The zero-order valence-electron chi connectivity index (χ0n) is 3.67. The lowest BCUT2D eigenvalue weighted by molar-refractivity contribution is -0.520. The van der Waals surface area contributed by atoms with Gasteiger partial charge in [-0.2, -0.15) is 0 Å². The van der Waals surface area contributed by atoms with Crippen LogP contribution in [0.4, 0.5) is 8.78 Å². The van der Waals surface area contributed by atoms with Crippen molar-refractivity contribution in [1.82, 2.24) is 0 Å². The molecule has 0 radical (unpaired) electrons. The van der Waals surface area contributed by atoms with E-state index in [-0.39, 0.29) is 0 Å². The Balaban J connectivity index is 3.11. The van der Waals surface area contributed by atoms with Crippen molar-refractivity contribution in [3.05, 3.63) is 0 Å². The number of aliphatic hydroxyl groups is 2. The summed E-state index contributed by atoms with van der Waals surface area (Å²) in [5.74, 6) is 0. The summed E-state index contributed by atoms with van der Waals surface area (Å²) in [5, 5.41) is 15.0. The lowest BCUT2D eigenvalue weighted by Crippen LogP contribution is -2.19. The highest BCUT2D eigenvalue weighted by molar-refractivity contribution is 4.10. The molecule has 0 fully saturated rings. The van der Waals surface area contributed by atoms with Crippen LogP contribution in [-0.2, 0) is 9.78 Å². The van der Waals surface area contributed by atoms with E-state index in [0.29, 0.717) is 0 Å². The van der Waals surface area contributed by atoms with Crippen molar-refractivity contribution in [3.8, 4) is 0 Å². The molecule has 0 aliphatic heterocycles. The second kappa shape index (κ2) is 2.88. The van der Waals surface area contributed by atoms with Gasteiger partial charge in [-0.15, -0.1) is 13.7 Å². The summed E-state index contributed by atoms with van der Waals surface area (Å²) in [4.78, 5) is 6.10. The summed E-state index contributed by atoms with van der Waals surface area (Å²) in [5.41, 5.74) is 0. The van der Waals surface area contributed by atoms with Crippen molar-refractivity contribution in [1.29, 1.82) is 0 Å². The van der Waals surface area contributed by atoms with E-state index in [1.54, 1.807) is 0 Å². The van der Waals surface area contributed by atoms with E-state index >= 15 is 0 Å². The molecule has 0 rings (SSSR count). The van der Waals surface area contributed by atoms with Gasteiger partial charge in [0.1, 0.15) is 0 Å². The SMILES string of the molecule is OCOOC(O)(F)F. The predicted octanol–water partition coefficient (Wildman–Crippen LogP) is -0.573. The summed E-state index contributed by atoms with van der Waals surface area (Å²) < 4.78 is 22.0. The van der Waals surface area contributed by atoms with Gasteiger partial charge in [-0.05, 0) is 0 Å². The maximum absolute atomic E-state index is 11.0. The van der Waals surface area contributed by atoms with Crippen LogP contribution in [0.3, 0.4) is 0 Å². The van der Waals surface area contributed by atoms with Gasteiger partial charge in [-0.3, -0.25) is 0 Å². The topological polar surface area (TPSA) is 58.9 Å². The van der Waals surface area contributed by atoms with Gasteiger partial charge in [-0.25, -0.2) is 4.89 Å². The summed E-state index contributed by atoms with van der Waals surface area (Å²) in [6.45, 7) is -1.03. The first-order valence-corrected chi connectivity index (χ1v) is 1.58. The van der Waals surface area contributed by atoms with Crippen molar-refractivity contribution in [3.63, 3.8) is 0 Å². The third kappa shape index (κ3) is 5.70. The molecule has 0 saturated heterocycles. The van der Waals surface area contributed by atoms with Gasteiger partial charge < -0.3 is 10.2 Å². The van der Waals surface area contributed by atoms with Gasteiger partial charge in [0, 0.05) is 0 Å². The average molecular weight is 130 g/mol. The van der Waals surface area contributed by atoms with Crippen LogP contribution >= 0.6 is 0 Å². The van der Waals surface area contributed by atoms with Crippen LogP contribution in [0.2, 0.25) is 0 Å².